The van der Waals surface area contributed by atoms with Gasteiger partial charge in [0.15, 0.2) is 0 Å². The molecule has 1 aromatic rings. The molecule has 1 aliphatic heterocycles. The van der Waals surface area contributed by atoms with Gasteiger partial charge in [-0.2, -0.15) is 0 Å². The van der Waals surface area contributed by atoms with Gasteiger partial charge in [0.05, 0.1) is 13.5 Å². The Hall–Kier alpha value is -2.04. The molecule has 1 heterocycles. The van der Waals surface area contributed by atoms with Crippen molar-refractivity contribution in [3.05, 3.63) is 29.8 Å². The molecule has 0 unspecified atom stereocenters. The molecule has 1 atom stereocenters. The van der Waals surface area contributed by atoms with Crippen molar-refractivity contribution in [3.8, 4) is 5.75 Å². The molecule has 0 radical (unpaired) electrons. The number of rotatable bonds is 4. The molecule has 1 aliphatic rings. The van der Waals surface area contributed by atoms with Crippen LogP contribution in [0.1, 0.15) is 24.8 Å². The Morgan fingerprint density at radius 1 is 1.35 bits per heavy atom. The minimum Gasteiger partial charge on any atom is -0.496 e. The van der Waals surface area contributed by atoms with Crippen molar-refractivity contribution in [3.63, 3.8) is 0 Å². The van der Waals surface area contributed by atoms with Crippen molar-refractivity contribution in [1.29, 1.82) is 0 Å². The van der Waals surface area contributed by atoms with E-state index in [1.54, 1.807) is 13.2 Å². The summed E-state index contributed by atoms with van der Waals surface area (Å²) >= 11 is 0. The van der Waals surface area contributed by atoms with E-state index in [2.05, 4.69) is 0 Å². The Kier molecular flexibility index (Phi) is 4.61. The van der Waals surface area contributed by atoms with Crippen LogP contribution < -0.4 is 4.74 Å². The van der Waals surface area contributed by atoms with Crippen LogP contribution in [0, 0.1) is 0 Å². The highest BCUT2D eigenvalue weighted by Crippen LogP contribution is 2.22. The fourth-order valence-corrected chi connectivity index (χ4v) is 2.60. The van der Waals surface area contributed by atoms with Gasteiger partial charge in [0.1, 0.15) is 11.8 Å². The lowest BCUT2D eigenvalue weighted by Crippen LogP contribution is -2.48. The standard InChI is InChI=1S/C15H19NO4/c1-20-13-8-3-2-6-11(13)10-14(17)16-9-5-4-7-12(16)15(18)19/h2-3,6,8,12H,4-5,7,9-10H2,1H3,(H,18,19)/t12-/m0/s1. The van der Waals surface area contributed by atoms with E-state index in [0.29, 0.717) is 18.7 Å². The van der Waals surface area contributed by atoms with Gasteiger partial charge in [-0.1, -0.05) is 18.2 Å². The summed E-state index contributed by atoms with van der Waals surface area (Å²) in [5.41, 5.74) is 0.787. The van der Waals surface area contributed by atoms with Crippen molar-refractivity contribution >= 4 is 11.9 Å². The van der Waals surface area contributed by atoms with Gasteiger partial charge >= 0.3 is 5.97 Å². The molecule has 0 aromatic heterocycles. The van der Waals surface area contributed by atoms with Gasteiger partial charge in [0.25, 0.3) is 0 Å². The molecule has 0 spiro atoms. The normalized spacial score (nSPS) is 18.6. The zero-order valence-electron chi connectivity index (χ0n) is 11.5. The highest BCUT2D eigenvalue weighted by Gasteiger charge is 2.31. The predicted octanol–water partition coefficient (Wildman–Crippen LogP) is 1.70. The number of methoxy groups -OCH3 is 1. The minimum absolute atomic E-state index is 0.151. The third-order valence-corrected chi connectivity index (χ3v) is 3.64. The maximum absolute atomic E-state index is 12.4. The van der Waals surface area contributed by atoms with Crippen LogP contribution in [-0.2, 0) is 16.0 Å². The summed E-state index contributed by atoms with van der Waals surface area (Å²) < 4.78 is 5.22. The van der Waals surface area contributed by atoms with Gasteiger partial charge in [-0.15, -0.1) is 0 Å². The molecule has 1 saturated heterocycles. The van der Waals surface area contributed by atoms with Crippen LogP contribution >= 0.6 is 0 Å². The number of nitrogens with zero attached hydrogens (tertiary/aromatic N) is 1. The third-order valence-electron chi connectivity index (χ3n) is 3.64. The summed E-state index contributed by atoms with van der Waals surface area (Å²) in [7, 11) is 1.56. The Morgan fingerprint density at radius 3 is 2.80 bits per heavy atom. The molecule has 108 valence electrons. The van der Waals surface area contributed by atoms with E-state index < -0.39 is 12.0 Å². The number of carbonyl (C=O) groups is 2. The molecule has 5 nitrogen and oxygen atoms in total. The lowest BCUT2D eigenvalue weighted by Gasteiger charge is -2.33. The molecule has 1 fully saturated rings. The fraction of sp³-hybridized carbons (Fsp3) is 0.467. The maximum Gasteiger partial charge on any atom is 0.326 e. The molecular weight excluding hydrogens is 258 g/mol. The van der Waals surface area contributed by atoms with Gasteiger partial charge in [-0.25, -0.2) is 4.79 Å². The average molecular weight is 277 g/mol. The Bertz CT molecular complexity index is 500. The van der Waals surface area contributed by atoms with Crippen molar-refractivity contribution in [2.45, 2.75) is 31.7 Å². The van der Waals surface area contributed by atoms with Crippen molar-refractivity contribution in [2.75, 3.05) is 13.7 Å². The van der Waals surface area contributed by atoms with E-state index in [1.807, 2.05) is 18.2 Å². The van der Waals surface area contributed by atoms with Crippen LogP contribution in [0.2, 0.25) is 0 Å². The second kappa shape index (κ2) is 6.41. The second-order valence-electron chi connectivity index (χ2n) is 4.93. The zero-order valence-corrected chi connectivity index (χ0v) is 11.5. The Labute approximate surface area is 118 Å². The topological polar surface area (TPSA) is 66.8 Å². The molecule has 20 heavy (non-hydrogen) atoms. The number of aliphatic carboxylic acids is 1. The first-order valence-electron chi connectivity index (χ1n) is 6.77. The van der Waals surface area contributed by atoms with Crippen molar-refractivity contribution in [2.24, 2.45) is 0 Å². The van der Waals surface area contributed by atoms with Crippen LogP contribution in [0.25, 0.3) is 0 Å². The number of amides is 1. The van der Waals surface area contributed by atoms with Crippen LogP contribution in [-0.4, -0.2) is 41.6 Å². The summed E-state index contributed by atoms with van der Waals surface area (Å²) in [6.45, 7) is 0.519. The molecule has 0 saturated carbocycles. The van der Waals surface area contributed by atoms with Gasteiger partial charge in [-0.05, 0) is 25.3 Å². The number of carbonyl (C=O) groups excluding carboxylic acids is 1. The number of benzene rings is 1. The third kappa shape index (κ3) is 3.10. The van der Waals surface area contributed by atoms with Crippen LogP contribution in [0.15, 0.2) is 24.3 Å². The number of likely N-dealkylation sites (tertiary alicyclic amines) is 1. The van der Waals surface area contributed by atoms with Crippen LogP contribution in [0.3, 0.4) is 0 Å². The number of piperidine rings is 1. The first kappa shape index (κ1) is 14.4. The molecule has 0 bridgehead atoms. The minimum atomic E-state index is -0.918. The van der Waals surface area contributed by atoms with Crippen molar-refractivity contribution < 1.29 is 19.4 Å². The lowest BCUT2D eigenvalue weighted by atomic mass is 10.0. The van der Waals surface area contributed by atoms with Crippen LogP contribution in [0.4, 0.5) is 0 Å². The van der Waals surface area contributed by atoms with E-state index in [9.17, 15) is 14.7 Å². The van der Waals surface area contributed by atoms with E-state index >= 15 is 0 Å². The molecule has 1 amide bonds. The quantitative estimate of drug-likeness (QED) is 0.909. The number of carboxylic acid groups (broad SMARTS) is 1. The summed E-state index contributed by atoms with van der Waals surface area (Å²) in [6, 6.07) is 6.62. The molecule has 0 aliphatic carbocycles. The van der Waals surface area contributed by atoms with E-state index in [4.69, 9.17) is 4.74 Å². The monoisotopic (exact) mass is 277 g/mol. The van der Waals surface area contributed by atoms with Crippen molar-refractivity contribution in [1.82, 2.24) is 4.90 Å². The fourth-order valence-electron chi connectivity index (χ4n) is 2.60. The average Bonchev–Trinajstić information content (AvgIpc) is 2.47. The van der Waals surface area contributed by atoms with E-state index in [0.717, 1.165) is 18.4 Å². The van der Waals surface area contributed by atoms with E-state index in [1.165, 1.54) is 4.90 Å². The van der Waals surface area contributed by atoms with E-state index in [-0.39, 0.29) is 12.3 Å². The number of ether oxygens (including phenoxy) is 1. The highest BCUT2D eigenvalue weighted by molar-refractivity contribution is 5.85. The molecular formula is C15H19NO4. The molecule has 1 aromatic carbocycles. The Morgan fingerprint density at radius 2 is 2.10 bits per heavy atom. The lowest BCUT2D eigenvalue weighted by molar-refractivity contribution is -0.151. The molecule has 2 rings (SSSR count). The largest absolute Gasteiger partial charge is 0.496 e. The number of para-hydroxylation sites is 1. The summed E-state index contributed by atoms with van der Waals surface area (Å²) in [4.78, 5) is 25.1. The number of hydrogen-bond donors (Lipinski definition) is 1. The maximum atomic E-state index is 12.4. The van der Waals surface area contributed by atoms with Gasteiger partial charge in [0, 0.05) is 12.1 Å². The van der Waals surface area contributed by atoms with Gasteiger partial charge in [-0.3, -0.25) is 4.79 Å². The van der Waals surface area contributed by atoms with Crippen LogP contribution in [0.5, 0.6) is 5.75 Å². The Balaban J connectivity index is 2.12. The van der Waals surface area contributed by atoms with Gasteiger partial charge < -0.3 is 14.7 Å². The first-order valence-corrected chi connectivity index (χ1v) is 6.77. The van der Waals surface area contributed by atoms with Gasteiger partial charge in [0.2, 0.25) is 5.91 Å². The SMILES string of the molecule is COc1ccccc1CC(=O)N1CCCC[C@H]1C(=O)O. The summed E-state index contributed by atoms with van der Waals surface area (Å²) in [5.74, 6) is -0.413. The summed E-state index contributed by atoms with van der Waals surface area (Å²) in [5, 5.41) is 9.21. The predicted molar refractivity (Wildman–Crippen MR) is 73.7 cm³/mol. The first-order chi connectivity index (χ1) is 9.63. The zero-order chi connectivity index (χ0) is 14.5. The summed E-state index contributed by atoms with van der Waals surface area (Å²) in [6.07, 6.45) is 2.43. The second-order valence-corrected chi connectivity index (χ2v) is 4.93. The smallest absolute Gasteiger partial charge is 0.326 e. The molecule has 1 N–H and O–H groups in total. The number of carboxylic acids is 1. The molecule has 5 heteroatoms. The highest BCUT2D eigenvalue weighted by atomic mass is 16.5. The number of hydrogen-bond acceptors (Lipinski definition) is 3.